The molecule has 1 aromatic rings. The number of H-pyrrole nitrogens is 1. The van der Waals surface area contributed by atoms with Crippen LogP contribution in [0.5, 0.6) is 0 Å². The first-order valence-electron chi connectivity index (χ1n) is 6.07. The highest BCUT2D eigenvalue weighted by Crippen LogP contribution is 2.26. The van der Waals surface area contributed by atoms with Crippen LogP contribution in [0.4, 0.5) is 5.95 Å². The Hall–Kier alpha value is -1.14. The molecule has 6 heteroatoms. The van der Waals surface area contributed by atoms with E-state index in [2.05, 4.69) is 27.0 Å². The molecule has 17 heavy (non-hydrogen) atoms. The second kappa shape index (κ2) is 4.62. The Morgan fingerprint density at radius 1 is 1.65 bits per heavy atom. The van der Waals surface area contributed by atoms with Gasteiger partial charge >= 0.3 is 0 Å². The van der Waals surface area contributed by atoms with Gasteiger partial charge in [0.1, 0.15) is 5.60 Å². The summed E-state index contributed by atoms with van der Waals surface area (Å²) in [6, 6.07) is 0.233. The van der Waals surface area contributed by atoms with Crippen molar-refractivity contribution in [2.45, 2.75) is 38.3 Å². The standard InChI is InChI=1S/C11H21N5O/c1-4-11(2,17-3)9-13-10(15-14-9)16-6-5-8(12)7-16/h8H,4-7,12H2,1-3H3,(H,13,14,15). The maximum absolute atomic E-state index is 5.88. The molecule has 0 aromatic carbocycles. The van der Waals surface area contributed by atoms with Gasteiger partial charge in [-0.3, -0.25) is 5.10 Å². The molecule has 0 spiro atoms. The summed E-state index contributed by atoms with van der Waals surface area (Å²) in [5, 5.41) is 7.22. The lowest BCUT2D eigenvalue weighted by molar-refractivity contribution is -0.00864. The summed E-state index contributed by atoms with van der Waals surface area (Å²) in [5.74, 6) is 1.50. The molecule has 2 rings (SSSR count). The molecule has 3 N–H and O–H groups in total. The van der Waals surface area contributed by atoms with Gasteiger partial charge in [0.2, 0.25) is 5.95 Å². The summed E-state index contributed by atoms with van der Waals surface area (Å²) in [7, 11) is 1.69. The Kier molecular flexibility index (Phi) is 3.35. The van der Waals surface area contributed by atoms with E-state index in [0.29, 0.717) is 0 Å². The van der Waals surface area contributed by atoms with Crippen LogP contribution in [0.1, 0.15) is 32.5 Å². The summed E-state index contributed by atoms with van der Waals surface area (Å²) in [4.78, 5) is 6.63. The predicted octanol–water partition coefficient (Wildman–Crippen LogP) is 0.614. The van der Waals surface area contributed by atoms with Gasteiger partial charge in [-0.15, -0.1) is 5.10 Å². The van der Waals surface area contributed by atoms with Gasteiger partial charge in [0.15, 0.2) is 5.82 Å². The lowest BCUT2D eigenvalue weighted by atomic mass is 10.0. The average Bonchev–Trinajstić information content (AvgIpc) is 2.96. The summed E-state index contributed by atoms with van der Waals surface area (Å²) < 4.78 is 5.49. The molecule has 96 valence electrons. The summed E-state index contributed by atoms with van der Waals surface area (Å²) in [5.41, 5.74) is 5.48. The van der Waals surface area contributed by atoms with Crippen molar-refractivity contribution < 1.29 is 4.74 Å². The third kappa shape index (κ3) is 2.28. The molecule has 2 heterocycles. The third-order valence-electron chi connectivity index (χ3n) is 3.61. The molecule has 2 atom stereocenters. The van der Waals surface area contributed by atoms with E-state index in [1.54, 1.807) is 7.11 Å². The van der Waals surface area contributed by atoms with Crippen LogP contribution in [0.2, 0.25) is 0 Å². The minimum atomic E-state index is -0.396. The van der Waals surface area contributed by atoms with Crippen LogP contribution in [0.15, 0.2) is 0 Å². The first-order valence-corrected chi connectivity index (χ1v) is 6.07. The fraction of sp³-hybridized carbons (Fsp3) is 0.818. The number of nitrogens with one attached hydrogen (secondary N) is 1. The van der Waals surface area contributed by atoms with Crippen LogP contribution in [0.25, 0.3) is 0 Å². The second-order valence-electron chi connectivity index (χ2n) is 4.77. The number of nitrogens with two attached hydrogens (primary N) is 1. The number of hydrogen-bond acceptors (Lipinski definition) is 5. The topological polar surface area (TPSA) is 80.1 Å². The molecule has 1 aromatic heterocycles. The van der Waals surface area contributed by atoms with Crippen LogP contribution in [0.3, 0.4) is 0 Å². The highest BCUT2D eigenvalue weighted by molar-refractivity contribution is 5.32. The van der Waals surface area contributed by atoms with Gasteiger partial charge in [-0.1, -0.05) is 6.92 Å². The van der Waals surface area contributed by atoms with Crippen molar-refractivity contribution in [1.29, 1.82) is 0 Å². The van der Waals surface area contributed by atoms with Gasteiger partial charge in [-0.2, -0.15) is 4.98 Å². The van der Waals surface area contributed by atoms with E-state index in [1.807, 2.05) is 6.92 Å². The van der Waals surface area contributed by atoms with E-state index in [1.165, 1.54) is 0 Å². The second-order valence-corrected chi connectivity index (χ2v) is 4.77. The zero-order valence-electron chi connectivity index (χ0n) is 10.7. The molecular formula is C11H21N5O. The molecule has 1 aliphatic rings. The molecular weight excluding hydrogens is 218 g/mol. The third-order valence-corrected chi connectivity index (χ3v) is 3.61. The number of anilines is 1. The Morgan fingerprint density at radius 2 is 2.41 bits per heavy atom. The fourth-order valence-corrected chi connectivity index (χ4v) is 2.01. The summed E-state index contributed by atoms with van der Waals surface area (Å²) in [6.07, 6.45) is 1.84. The van der Waals surface area contributed by atoms with E-state index in [9.17, 15) is 0 Å². The van der Waals surface area contributed by atoms with E-state index in [4.69, 9.17) is 10.5 Å². The number of methoxy groups -OCH3 is 1. The molecule has 0 radical (unpaired) electrons. The number of nitrogens with zero attached hydrogens (tertiary/aromatic N) is 3. The summed E-state index contributed by atoms with van der Waals surface area (Å²) >= 11 is 0. The van der Waals surface area contributed by atoms with Gasteiger partial charge in [0, 0.05) is 26.2 Å². The summed E-state index contributed by atoms with van der Waals surface area (Å²) in [6.45, 7) is 5.83. The van der Waals surface area contributed by atoms with Gasteiger partial charge in [0.05, 0.1) is 0 Å². The highest BCUT2D eigenvalue weighted by atomic mass is 16.5. The molecule has 0 saturated carbocycles. The lowest BCUT2D eigenvalue weighted by Crippen LogP contribution is -2.27. The predicted molar refractivity (Wildman–Crippen MR) is 65.8 cm³/mol. The SMILES string of the molecule is CCC(C)(OC)c1nc(N2CCC(N)C2)n[nH]1. The van der Waals surface area contributed by atoms with Crippen molar-refractivity contribution in [2.24, 2.45) is 5.73 Å². The Labute approximate surface area is 102 Å². The van der Waals surface area contributed by atoms with Crippen molar-refractivity contribution in [2.75, 3.05) is 25.1 Å². The van der Waals surface area contributed by atoms with Crippen molar-refractivity contribution in [3.8, 4) is 0 Å². The maximum atomic E-state index is 5.88. The average molecular weight is 239 g/mol. The maximum Gasteiger partial charge on any atom is 0.244 e. The van der Waals surface area contributed by atoms with Crippen LogP contribution < -0.4 is 10.6 Å². The smallest absolute Gasteiger partial charge is 0.244 e. The molecule has 6 nitrogen and oxygen atoms in total. The molecule has 2 unspecified atom stereocenters. The number of aromatic nitrogens is 3. The molecule has 0 bridgehead atoms. The van der Waals surface area contributed by atoms with Gasteiger partial charge in [-0.25, -0.2) is 0 Å². The highest BCUT2D eigenvalue weighted by Gasteiger charge is 2.30. The van der Waals surface area contributed by atoms with E-state index >= 15 is 0 Å². The largest absolute Gasteiger partial charge is 0.371 e. The number of hydrogen-bond donors (Lipinski definition) is 2. The van der Waals surface area contributed by atoms with Gasteiger partial charge in [0.25, 0.3) is 0 Å². The minimum absolute atomic E-state index is 0.233. The van der Waals surface area contributed by atoms with Crippen LogP contribution >= 0.6 is 0 Å². The Bertz CT molecular complexity index is 374. The van der Waals surface area contributed by atoms with Crippen LogP contribution in [-0.4, -0.2) is 41.4 Å². The van der Waals surface area contributed by atoms with Gasteiger partial charge in [-0.05, 0) is 19.8 Å². The zero-order chi connectivity index (χ0) is 12.5. The molecule has 1 saturated heterocycles. The van der Waals surface area contributed by atoms with Crippen molar-refractivity contribution in [3.05, 3.63) is 5.82 Å². The molecule has 1 aliphatic heterocycles. The van der Waals surface area contributed by atoms with Crippen molar-refractivity contribution in [3.63, 3.8) is 0 Å². The lowest BCUT2D eigenvalue weighted by Gasteiger charge is -2.23. The number of rotatable bonds is 4. The monoisotopic (exact) mass is 239 g/mol. The molecule has 1 fully saturated rings. The minimum Gasteiger partial charge on any atom is -0.371 e. The van der Waals surface area contributed by atoms with E-state index in [0.717, 1.165) is 37.7 Å². The number of aromatic amines is 1. The first kappa shape index (κ1) is 12.3. The van der Waals surface area contributed by atoms with E-state index < -0.39 is 5.60 Å². The van der Waals surface area contributed by atoms with Crippen molar-refractivity contribution in [1.82, 2.24) is 15.2 Å². The number of ether oxygens (including phenoxy) is 1. The Balaban J connectivity index is 2.15. The quantitative estimate of drug-likeness (QED) is 0.805. The Morgan fingerprint density at radius 3 is 2.94 bits per heavy atom. The first-order chi connectivity index (χ1) is 8.09. The van der Waals surface area contributed by atoms with E-state index in [-0.39, 0.29) is 6.04 Å². The molecule has 0 aliphatic carbocycles. The van der Waals surface area contributed by atoms with Crippen LogP contribution in [0, 0.1) is 0 Å². The fourth-order valence-electron chi connectivity index (χ4n) is 2.01. The van der Waals surface area contributed by atoms with Crippen LogP contribution in [-0.2, 0) is 10.3 Å². The van der Waals surface area contributed by atoms with Gasteiger partial charge < -0.3 is 15.4 Å². The normalized spacial score (nSPS) is 24.0. The zero-order valence-corrected chi connectivity index (χ0v) is 10.7. The van der Waals surface area contributed by atoms with Crippen molar-refractivity contribution >= 4 is 5.95 Å². The molecule has 0 amide bonds.